The Bertz CT molecular complexity index is 1760. The number of nitrogens with zero attached hydrogens (tertiary/aromatic N) is 6. The number of halogens is 2. The van der Waals surface area contributed by atoms with E-state index in [1.54, 1.807) is 12.3 Å². The maximum absolute atomic E-state index is 16.8. The fourth-order valence-corrected chi connectivity index (χ4v) is 7.38. The van der Waals surface area contributed by atoms with E-state index in [1.165, 1.54) is 5.57 Å². The van der Waals surface area contributed by atoms with Gasteiger partial charge in [-0.3, -0.25) is 10.00 Å². The van der Waals surface area contributed by atoms with Crippen LogP contribution in [0.15, 0.2) is 24.4 Å². The van der Waals surface area contributed by atoms with Gasteiger partial charge in [0.1, 0.15) is 35.6 Å². The Balaban J connectivity index is 1.32. The van der Waals surface area contributed by atoms with Gasteiger partial charge in [0.2, 0.25) is 5.88 Å². The van der Waals surface area contributed by atoms with Gasteiger partial charge in [-0.25, -0.2) is 9.37 Å². The van der Waals surface area contributed by atoms with E-state index in [1.807, 2.05) is 6.92 Å². The number of hydrogen-bond acceptors (Lipinski definition) is 9. The molecule has 7 heterocycles. The van der Waals surface area contributed by atoms with Crippen LogP contribution in [0.2, 0.25) is 5.02 Å². The molecule has 10 nitrogen and oxygen atoms in total. The summed E-state index contributed by atoms with van der Waals surface area (Å²) >= 11 is 6.58. The predicted molar refractivity (Wildman–Crippen MR) is 157 cm³/mol. The molecule has 4 aliphatic rings. The number of hydrogen-bond donors (Lipinski definition) is 1. The third-order valence-electron chi connectivity index (χ3n) is 9.22. The molecule has 218 valence electrons. The highest BCUT2D eigenvalue weighted by Crippen LogP contribution is 2.44. The van der Waals surface area contributed by atoms with Gasteiger partial charge in [-0.05, 0) is 50.8 Å². The molecule has 0 amide bonds. The molecule has 4 aromatic rings. The van der Waals surface area contributed by atoms with E-state index >= 15 is 4.39 Å². The molecule has 1 aromatic carbocycles. The van der Waals surface area contributed by atoms with Gasteiger partial charge in [0.05, 0.1) is 29.9 Å². The molecule has 0 saturated carbocycles. The monoisotopic (exact) mass is 591 g/mol. The average molecular weight is 592 g/mol. The van der Waals surface area contributed by atoms with Crippen molar-refractivity contribution >= 4 is 39.2 Å². The number of aromatic nitrogens is 5. The molecule has 0 spiro atoms. The molecule has 12 heteroatoms. The lowest BCUT2D eigenvalue weighted by molar-refractivity contribution is 0.108. The first-order valence-electron chi connectivity index (χ1n) is 14.5. The lowest BCUT2D eigenvalue weighted by atomic mass is 9.94. The van der Waals surface area contributed by atoms with Gasteiger partial charge in [0.25, 0.3) is 0 Å². The topological polar surface area (TPSA) is 102 Å². The van der Waals surface area contributed by atoms with Crippen molar-refractivity contribution in [2.45, 2.75) is 44.2 Å². The van der Waals surface area contributed by atoms with Gasteiger partial charge in [0.15, 0.2) is 5.82 Å². The van der Waals surface area contributed by atoms with Crippen LogP contribution < -0.4 is 14.4 Å². The minimum atomic E-state index is -0.585. The molecule has 0 unspecified atom stereocenters. The number of H-pyrrole nitrogens is 1. The third-order valence-corrected chi connectivity index (χ3v) is 9.61. The molecule has 0 bridgehead atoms. The van der Waals surface area contributed by atoms with E-state index in [-0.39, 0.29) is 34.7 Å². The summed E-state index contributed by atoms with van der Waals surface area (Å²) in [6.45, 7) is 10.5. The van der Waals surface area contributed by atoms with Crippen LogP contribution in [0.1, 0.15) is 31.2 Å². The van der Waals surface area contributed by atoms with Gasteiger partial charge in [-0.1, -0.05) is 23.8 Å². The molecule has 3 fully saturated rings. The summed E-state index contributed by atoms with van der Waals surface area (Å²) in [4.78, 5) is 18.9. The largest absolute Gasteiger partial charge is 0.475 e. The van der Waals surface area contributed by atoms with Crippen LogP contribution in [-0.2, 0) is 4.74 Å². The quantitative estimate of drug-likeness (QED) is 0.334. The Morgan fingerprint density at radius 1 is 1.24 bits per heavy atom. The number of anilines is 1. The molecule has 0 radical (unpaired) electrons. The van der Waals surface area contributed by atoms with Gasteiger partial charge < -0.3 is 19.1 Å². The van der Waals surface area contributed by atoms with Crippen LogP contribution in [0.5, 0.6) is 11.9 Å². The normalized spacial score (nSPS) is 24.0. The lowest BCUT2D eigenvalue weighted by Crippen LogP contribution is -2.43. The maximum Gasteiger partial charge on any atom is 0.319 e. The smallest absolute Gasteiger partial charge is 0.319 e. The number of rotatable bonds is 4. The molecular formula is C30H31ClFN7O3. The highest BCUT2D eigenvalue weighted by atomic mass is 35.5. The second-order valence-corrected chi connectivity index (χ2v) is 12.3. The summed E-state index contributed by atoms with van der Waals surface area (Å²) in [5.74, 6) is 0.252. The van der Waals surface area contributed by atoms with Crippen molar-refractivity contribution in [3.63, 3.8) is 0 Å². The first-order valence-corrected chi connectivity index (χ1v) is 14.9. The molecule has 2 atom stereocenters. The fraction of sp³-hybridized carbons (Fsp3) is 0.467. The van der Waals surface area contributed by atoms with Gasteiger partial charge in [0, 0.05) is 35.7 Å². The molecule has 0 aliphatic carbocycles. The van der Waals surface area contributed by atoms with Crippen molar-refractivity contribution in [2.24, 2.45) is 0 Å². The molecule has 42 heavy (non-hydrogen) atoms. The standard InChI is InChI=1S/C30H31ClFN7O3/c1-16-10-30(5-3-6-38(30)12-16)15-42-29-35-26-23-27(36-29)39-7-4-8-40-13-18(39)14-41-28(23)34-25(24(26)32)22-17(2)20(31)9-21-19(22)11-33-37-21/h9,11,18H,1,3-8,10,12-15H2,2H3,(H,33,37)/t18-,30-/m0/s1. The zero-order valence-corrected chi connectivity index (χ0v) is 24.1. The number of aromatic amines is 1. The molecule has 3 saturated heterocycles. The predicted octanol–water partition coefficient (Wildman–Crippen LogP) is 4.83. The molecule has 3 aromatic heterocycles. The van der Waals surface area contributed by atoms with Crippen LogP contribution in [-0.4, -0.2) is 87.7 Å². The van der Waals surface area contributed by atoms with Crippen molar-refractivity contribution in [3.05, 3.63) is 40.8 Å². The third kappa shape index (κ3) is 3.97. The van der Waals surface area contributed by atoms with Crippen molar-refractivity contribution in [1.82, 2.24) is 30.0 Å². The molecule has 4 aliphatic heterocycles. The Morgan fingerprint density at radius 2 is 2.14 bits per heavy atom. The van der Waals surface area contributed by atoms with E-state index < -0.39 is 5.82 Å². The number of ether oxygens (including phenoxy) is 3. The maximum atomic E-state index is 16.8. The van der Waals surface area contributed by atoms with E-state index in [0.717, 1.165) is 38.8 Å². The molecular weight excluding hydrogens is 561 g/mol. The van der Waals surface area contributed by atoms with Gasteiger partial charge in [-0.2, -0.15) is 15.1 Å². The summed E-state index contributed by atoms with van der Waals surface area (Å²) in [5, 5.41) is 8.72. The van der Waals surface area contributed by atoms with E-state index in [9.17, 15) is 0 Å². The Labute approximate surface area is 246 Å². The van der Waals surface area contributed by atoms with E-state index in [4.69, 9.17) is 40.8 Å². The summed E-state index contributed by atoms with van der Waals surface area (Å²) < 4.78 is 35.4. The fourth-order valence-electron chi connectivity index (χ4n) is 7.18. The van der Waals surface area contributed by atoms with E-state index in [0.29, 0.717) is 71.2 Å². The molecule has 8 rings (SSSR count). The van der Waals surface area contributed by atoms with Crippen LogP contribution >= 0.6 is 11.6 Å². The van der Waals surface area contributed by atoms with Crippen LogP contribution in [0.25, 0.3) is 33.1 Å². The minimum absolute atomic E-state index is 0.0977. The zero-order chi connectivity index (χ0) is 28.6. The second kappa shape index (κ2) is 9.75. The Kier molecular flexibility index (Phi) is 6.06. The van der Waals surface area contributed by atoms with Crippen LogP contribution in [0.4, 0.5) is 10.2 Å². The first-order chi connectivity index (χ1) is 20.4. The van der Waals surface area contributed by atoms with E-state index in [2.05, 4.69) is 26.6 Å². The second-order valence-electron chi connectivity index (χ2n) is 11.9. The number of fused-ring (bicyclic) bond motifs is 4. The SMILES string of the molecule is C=C1CN2CCC[C@@]2(COc2nc3c4c(nc(-c5c(C)c(Cl)cc6[nH]ncc56)c(F)c4n2)OC[C@@H]2COCCCN32)C1. The average Bonchev–Trinajstić information content (AvgIpc) is 3.58. The number of benzene rings is 1. The van der Waals surface area contributed by atoms with Crippen LogP contribution in [0.3, 0.4) is 0 Å². The number of nitrogens with one attached hydrogen (secondary N) is 1. The van der Waals surface area contributed by atoms with Crippen molar-refractivity contribution in [2.75, 3.05) is 51.0 Å². The summed E-state index contributed by atoms with van der Waals surface area (Å²) in [7, 11) is 0. The first kappa shape index (κ1) is 26.1. The van der Waals surface area contributed by atoms with Crippen molar-refractivity contribution in [3.8, 4) is 23.1 Å². The van der Waals surface area contributed by atoms with Crippen molar-refractivity contribution < 1.29 is 18.6 Å². The zero-order valence-electron chi connectivity index (χ0n) is 23.4. The van der Waals surface area contributed by atoms with Crippen molar-refractivity contribution in [1.29, 1.82) is 0 Å². The van der Waals surface area contributed by atoms with Gasteiger partial charge >= 0.3 is 6.01 Å². The summed E-state index contributed by atoms with van der Waals surface area (Å²) in [6, 6.07) is 1.80. The lowest BCUT2D eigenvalue weighted by Gasteiger charge is -2.31. The molecule has 1 N–H and O–H groups in total. The van der Waals surface area contributed by atoms with Gasteiger partial charge in [-0.15, -0.1) is 0 Å². The summed E-state index contributed by atoms with van der Waals surface area (Å²) in [5.41, 5.74) is 3.21. The Morgan fingerprint density at radius 3 is 3.05 bits per heavy atom. The highest BCUT2D eigenvalue weighted by molar-refractivity contribution is 6.33. The van der Waals surface area contributed by atoms with Crippen LogP contribution in [0, 0.1) is 12.7 Å². The highest BCUT2D eigenvalue weighted by Gasteiger charge is 2.46. The Hall–Kier alpha value is -3.54. The minimum Gasteiger partial charge on any atom is -0.475 e. The summed E-state index contributed by atoms with van der Waals surface area (Å²) in [6.07, 6.45) is 5.48. The number of pyridine rings is 1.